The topological polar surface area (TPSA) is 80.4 Å². The second kappa shape index (κ2) is 7.67. The van der Waals surface area contributed by atoms with Gasteiger partial charge >= 0.3 is 6.09 Å². The first-order chi connectivity index (χ1) is 15.4. The zero-order chi connectivity index (χ0) is 22.4. The molecule has 4 aromatic rings. The second-order valence-electron chi connectivity index (χ2n) is 8.31. The number of aryl methyl sites for hydroxylation is 2. The van der Waals surface area contributed by atoms with Crippen LogP contribution in [0.1, 0.15) is 23.4 Å². The van der Waals surface area contributed by atoms with E-state index in [0.717, 1.165) is 57.5 Å². The van der Waals surface area contributed by atoms with E-state index in [1.807, 2.05) is 50.4 Å². The number of aromatic nitrogens is 3. The molecule has 1 amide bonds. The fourth-order valence-corrected chi connectivity index (χ4v) is 4.58. The third-order valence-electron chi connectivity index (χ3n) is 6.32. The molecule has 162 valence electrons. The quantitative estimate of drug-likeness (QED) is 0.521. The van der Waals surface area contributed by atoms with Crippen LogP contribution in [0.2, 0.25) is 0 Å². The Morgan fingerprint density at radius 3 is 2.66 bits per heavy atom. The summed E-state index contributed by atoms with van der Waals surface area (Å²) >= 11 is 0. The number of hydrogen-bond acceptors (Lipinski definition) is 3. The summed E-state index contributed by atoms with van der Waals surface area (Å²) < 4.78 is 3.77. The Kier molecular flexibility index (Phi) is 4.81. The minimum Gasteiger partial charge on any atom is -0.465 e. The molecule has 7 nitrogen and oxygen atoms in total. The third-order valence-corrected chi connectivity index (χ3v) is 6.32. The molecule has 0 aliphatic carbocycles. The van der Waals surface area contributed by atoms with Crippen LogP contribution < -0.4 is 5.56 Å². The lowest BCUT2D eigenvalue weighted by Crippen LogP contribution is -2.28. The molecule has 0 saturated carbocycles. The molecule has 4 heterocycles. The highest BCUT2D eigenvalue weighted by Gasteiger charge is 2.23. The Hall–Kier alpha value is -3.87. The molecule has 1 aliphatic heterocycles. The molecular weight excluding hydrogens is 404 g/mol. The van der Waals surface area contributed by atoms with Crippen molar-refractivity contribution in [2.75, 3.05) is 6.54 Å². The van der Waals surface area contributed by atoms with Gasteiger partial charge in [-0.05, 0) is 49.6 Å². The van der Waals surface area contributed by atoms with Crippen molar-refractivity contribution in [2.45, 2.75) is 26.3 Å². The van der Waals surface area contributed by atoms with Crippen molar-refractivity contribution in [3.63, 3.8) is 0 Å². The van der Waals surface area contributed by atoms with Gasteiger partial charge in [0.1, 0.15) is 0 Å². The molecule has 0 spiro atoms. The van der Waals surface area contributed by atoms with E-state index in [1.165, 1.54) is 4.90 Å². The van der Waals surface area contributed by atoms with E-state index in [2.05, 4.69) is 9.55 Å². The maximum Gasteiger partial charge on any atom is 0.407 e. The molecule has 0 fully saturated rings. The minimum absolute atomic E-state index is 0.116. The van der Waals surface area contributed by atoms with Gasteiger partial charge in [-0.3, -0.25) is 14.3 Å². The zero-order valence-electron chi connectivity index (χ0n) is 18.1. The number of hydrogen-bond donors (Lipinski definition) is 1. The molecule has 0 bridgehead atoms. The molecule has 1 aromatic carbocycles. The van der Waals surface area contributed by atoms with Gasteiger partial charge in [-0.25, -0.2) is 4.79 Å². The number of nitrogens with zero attached hydrogens (tertiary/aromatic N) is 4. The highest BCUT2D eigenvalue weighted by molar-refractivity contribution is 5.87. The predicted molar refractivity (Wildman–Crippen MR) is 123 cm³/mol. The van der Waals surface area contributed by atoms with Gasteiger partial charge in [0, 0.05) is 60.0 Å². The van der Waals surface area contributed by atoms with Gasteiger partial charge in [-0.15, -0.1) is 0 Å². The first-order valence-corrected chi connectivity index (χ1v) is 10.7. The molecule has 0 unspecified atom stereocenters. The number of carbonyl (C=O) groups is 1. The highest BCUT2D eigenvalue weighted by Crippen LogP contribution is 2.31. The molecule has 1 N–H and O–H groups in total. The summed E-state index contributed by atoms with van der Waals surface area (Å²) in [7, 11) is 2.01. The molecule has 0 saturated heterocycles. The number of rotatable bonds is 2. The lowest BCUT2D eigenvalue weighted by atomic mass is 10.1. The van der Waals surface area contributed by atoms with E-state index in [-0.39, 0.29) is 5.56 Å². The zero-order valence-corrected chi connectivity index (χ0v) is 18.1. The summed E-state index contributed by atoms with van der Waals surface area (Å²) in [5.74, 6) is 0. The summed E-state index contributed by atoms with van der Waals surface area (Å²) in [6, 6.07) is 13.4. The Balaban J connectivity index is 1.56. The Bertz CT molecular complexity index is 1400. The van der Waals surface area contributed by atoms with Crippen molar-refractivity contribution in [1.82, 2.24) is 19.0 Å². The van der Waals surface area contributed by atoms with Crippen molar-refractivity contribution in [3.8, 4) is 16.8 Å². The largest absolute Gasteiger partial charge is 0.465 e. The average molecular weight is 428 g/mol. The normalized spacial score (nSPS) is 13.8. The number of carboxylic acid groups (broad SMARTS) is 1. The van der Waals surface area contributed by atoms with Crippen LogP contribution in [-0.2, 0) is 20.0 Å². The molecule has 0 atom stereocenters. The number of amides is 1. The molecule has 3 aromatic heterocycles. The van der Waals surface area contributed by atoms with Crippen molar-refractivity contribution in [2.24, 2.45) is 7.05 Å². The van der Waals surface area contributed by atoms with E-state index in [4.69, 9.17) is 0 Å². The number of fused-ring (bicyclic) bond motifs is 3. The van der Waals surface area contributed by atoms with Crippen LogP contribution in [0, 0.1) is 6.92 Å². The fourth-order valence-electron chi connectivity index (χ4n) is 4.58. The third kappa shape index (κ3) is 3.36. The van der Waals surface area contributed by atoms with Gasteiger partial charge in [0.25, 0.3) is 5.56 Å². The molecule has 7 heteroatoms. The molecule has 32 heavy (non-hydrogen) atoms. The highest BCUT2D eigenvalue weighted by atomic mass is 16.4. The summed E-state index contributed by atoms with van der Waals surface area (Å²) in [5.41, 5.74) is 6.56. The average Bonchev–Trinajstić information content (AvgIpc) is 2.93. The summed E-state index contributed by atoms with van der Waals surface area (Å²) in [4.78, 5) is 30.3. The van der Waals surface area contributed by atoms with Crippen LogP contribution in [0.15, 0.2) is 59.7 Å². The van der Waals surface area contributed by atoms with Crippen molar-refractivity contribution in [1.29, 1.82) is 0 Å². The smallest absolute Gasteiger partial charge is 0.407 e. The Morgan fingerprint density at radius 1 is 1.09 bits per heavy atom. The van der Waals surface area contributed by atoms with E-state index in [0.29, 0.717) is 13.1 Å². The van der Waals surface area contributed by atoms with E-state index >= 15 is 0 Å². The standard InChI is InChI=1S/C25H24N4O3/c1-16-5-6-18(14-26-16)17-9-11-29(24(30)12-17)19-7-8-20-21-15-28(25(31)32)10-3-4-22(21)27(2)23(20)13-19/h5-9,11-14H,3-4,10,15H2,1-2H3,(H,31,32). The van der Waals surface area contributed by atoms with Crippen LogP contribution >= 0.6 is 0 Å². The Morgan fingerprint density at radius 2 is 1.94 bits per heavy atom. The monoisotopic (exact) mass is 428 g/mol. The van der Waals surface area contributed by atoms with Crippen molar-refractivity contribution >= 4 is 17.0 Å². The summed E-state index contributed by atoms with van der Waals surface area (Å²) in [6.45, 7) is 2.86. The first-order valence-electron chi connectivity index (χ1n) is 10.7. The molecule has 5 rings (SSSR count). The minimum atomic E-state index is -0.887. The SMILES string of the molecule is Cc1ccc(-c2ccn(-c3ccc4c5c(n(C)c4c3)CCCN(C(=O)O)C5)c(=O)c2)cn1. The van der Waals surface area contributed by atoms with Crippen LogP contribution in [0.25, 0.3) is 27.7 Å². The van der Waals surface area contributed by atoms with Gasteiger partial charge in [0.15, 0.2) is 0 Å². The maximum atomic E-state index is 12.9. The van der Waals surface area contributed by atoms with E-state index in [1.54, 1.807) is 23.0 Å². The summed E-state index contributed by atoms with van der Waals surface area (Å²) in [5, 5.41) is 10.5. The van der Waals surface area contributed by atoms with E-state index < -0.39 is 6.09 Å². The molecule has 1 aliphatic rings. The predicted octanol–water partition coefficient (Wildman–Crippen LogP) is 4.13. The Labute approximate surface area is 185 Å². The van der Waals surface area contributed by atoms with Gasteiger partial charge in [-0.1, -0.05) is 12.1 Å². The number of pyridine rings is 2. The lowest BCUT2D eigenvalue weighted by molar-refractivity contribution is 0.143. The fraction of sp³-hybridized carbons (Fsp3) is 0.240. The van der Waals surface area contributed by atoms with Gasteiger partial charge in [0.05, 0.1) is 17.7 Å². The molecule has 0 radical (unpaired) electrons. The van der Waals surface area contributed by atoms with Gasteiger partial charge < -0.3 is 14.6 Å². The maximum absolute atomic E-state index is 12.9. The number of benzene rings is 1. The van der Waals surface area contributed by atoms with Crippen molar-refractivity contribution < 1.29 is 9.90 Å². The van der Waals surface area contributed by atoms with Crippen molar-refractivity contribution in [3.05, 3.63) is 82.2 Å². The second-order valence-corrected chi connectivity index (χ2v) is 8.31. The van der Waals surface area contributed by atoms with Gasteiger partial charge in [0.2, 0.25) is 0 Å². The summed E-state index contributed by atoms with van der Waals surface area (Å²) in [6.07, 6.45) is 4.31. The van der Waals surface area contributed by atoms with Crippen LogP contribution in [0.3, 0.4) is 0 Å². The van der Waals surface area contributed by atoms with Gasteiger partial charge in [-0.2, -0.15) is 0 Å². The van der Waals surface area contributed by atoms with Crippen LogP contribution in [0.4, 0.5) is 4.79 Å². The van der Waals surface area contributed by atoms with Crippen LogP contribution in [-0.4, -0.2) is 36.8 Å². The lowest BCUT2D eigenvalue weighted by Gasteiger charge is -2.16. The molecular formula is C25H24N4O3. The van der Waals surface area contributed by atoms with E-state index in [9.17, 15) is 14.7 Å². The van der Waals surface area contributed by atoms with Crippen LogP contribution in [0.5, 0.6) is 0 Å². The first kappa shape index (κ1) is 20.1.